The molecule has 0 heterocycles. The lowest BCUT2D eigenvalue weighted by Gasteiger charge is -2.23. The van der Waals surface area contributed by atoms with Crippen LogP contribution in [0.1, 0.15) is 11.1 Å². The predicted octanol–water partition coefficient (Wildman–Crippen LogP) is 2.65. The van der Waals surface area contributed by atoms with Crippen LogP contribution in [0.4, 0.5) is 5.69 Å². The number of anilines is 1. The summed E-state index contributed by atoms with van der Waals surface area (Å²) in [7, 11) is 0. The van der Waals surface area contributed by atoms with E-state index in [-0.39, 0.29) is 0 Å². The molecule has 0 unspecified atom stereocenters. The second-order valence-corrected chi connectivity index (χ2v) is 5.47. The molecular formula is C17H22ClN3. The van der Waals surface area contributed by atoms with Crippen molar-refractivity contribution in [2.45, 2.75) is 6.42 Å². The van der Waals surface area contributed by atoms with Crippen molar-refractivity contribution in [3.05, 3.63) is 64.7 Å². The largest absolute Gasteiger partial charge is 0.369 e. The summed E-state index contributed by atoms with van der Waals surface area (Å²) in [5.74, 6) is 0. The standard InChI is InChI=1S/C17H22ClN3/c18-16-5-1-14(2-6-16)13-15-3-7-17(8-4-15)21(11-9-19)12-10-20/h1-8H,9-13,19-20H2. The van der Waals surface area contributed by atoms with E-state index in [0.29, 0.717) is 13.1 Å². The molecule has 0 atom stereocenters. The number of benzene rings is 2. The highest BCUT2D eigenvalue weighted by Gasteiger charge is 2.04. The van der Waals surface area contributed by atoms with Crippen LogP contribution in [0, 0.1) is 0 Å². The summed E-state index contributed by atoms with van der Waals surface area (Å²) >= 11 is 5.90. The van der Waals surface area contributed by atoms with Gasteiger partial charge in [0.25, 0.3) is 0 Å². The fourth-order valence-corrected chi connectivity index (χ4v) is 2.47. The van der Waals surface area contributed by atoms with Gasteiger partial charge in [-0.05, 0) is 41.8 Å². The lowest BCUT2D eigenvalue weighted by molar-refractivity contribution is 0.782. The molecule has 0 spiro atoms. The van der Waals surface area contributed by atoms with Crippen molar-refractivity contribution in [2.75, 3.05) is 31.1 Å². The van der Waals surface area contributed by atoms with Crippen LogP contribution in [0.25, 0.3) is 0 Å². The third kappa shape index (κ3) is 4.74. The van der Waals surface area contributed by atoms with Crippen LogP contribution in [0.15, 0.2) is 48.5 Å². The monoisotopic (exact) mass is 303 g/mol. The van der Waals surface area contributed by atoms with E-state index in [4.69, 9.17) is 23.1 Å². The Bertz CT molecular complexity index is 531. The van der Waals surface area contributed by atoms with Crippen LogP contribution in [0.3, 0.4) is 0 Å². The maximum atomic E-state index is 5.90. The second-order valence-electron chi connectivity index (χ2n) is 5.03. The molecule has 21 heavy (non-hydrogen) atoms. The van der Waals surface area contributed by atoms with Crippen molar-refractivity contribution in [1.29, 1.82) is 0 Å². The van der Waals surface area contributed by atoms with Gasteiger partial charge in [0, 0.05) is 36.9 Å². The van der Waals surface area contributed by atoms with Gasteiger partial charge in [0.05, 0.1) is 0 Å². The zero-order valence-electron chi connectivity index (χ0n) is 12.1. The van der Waals surface area contributed by atoms with Crippen molar-refractivity contribution in [1.82, 2.24) is 0 Å². The van der Waals surface area contributed by atoms with Gasteiger partial charge < -0.3 is 16.4 Å². The Morgan fingerprint density at radius 3 is 1.71 bits per heavy atom. The number of hydrogen-bond donors (Lipinski definition) is 2. The molecule has 0 saturated carbocycles. The van der Waals surface area contributed by atoms with Gasteiger partial charge in [0.15, 0.2) is 0 Å². The first-order valence-corrected chi connectivity index (χ1v) is 7.59. The van der Waals surface area contributed by atoms with Crippen LogP contribution >= 0.6 is 11.6 Å². The highest BCUT2D eigenvalue weighted by atomic mass is 35.5. The van der Waals surface area contributed by atoms with Gasteiger partial charge in [-0.1, -0.05) is 35.9 Å². The molecule has 0 aliphatic heterocycles. The molecule has 0 radical (unpaired) electrons. The van der Waals surface area contributed by atoms with Gasteiger partial charge in [-0.25, -0.2) is 0 Å². The minimum atomic E-state index is 0.631. The molecule has 2 aromatic rings. The lowest BCUT2D eigenvalue weighted by Crippen LogP contribution is -2.33. The normalized spacial score (nSPS) is 10.6. The highest BCUT2D eigenvalue weighted by Crippen LogP contribution is 2.18. The van der Waals surface area contributed by atoms with Gasteiger partial charge in [0.2, 0.25) is 0 Å². The minimum absolute atomic E-state index is 0.631. The summed E-state index contributed by atoms with van der Waals surface area (Å²) in [6, 6.07) is 16.6. The van der Waals surface area contributed by atoms with Crippen LogP contribution in [-0.2, 0) is 6.42 Å². The maximum Gasteiger partial charge on any atom is 0.0406 e. The van der Waals surface area contributed by atoms with Gasteiger partial charge in [-0.2, -0.15) is 0 Å². The molecule has 2 aromatic carbocycles. The number of rotatable bonds is 7. The topological polar surface area (TPSA) is 55.3 Å². The molecule has 112 valence electrons. The first kappa shape index (κ1) is 15.8. The minimum Gasteiger partial charge on any atom is -0.369 e. The molecule has 0 saturated heterocycles. The van der Waals surface area contributed by atoms with E-state index >= 15 is 0 Å². The van der Waals surface area contributed by atoms with Crippen molar-refractivity contribution >= 4 is 17.3 Å². The summed E-state index contributed by atoms with van der Waals surface area (Å²) in [5.41, 5.74) is 15.0. The smallest absolute Gasteiger partial charge is 0.0406 e. The van der Waals surface area contributed by atoms with Crippen molar-refractivity contribution in [3.8, 4) is 0 Å². The van der Waals surface area contributed by atoms with Gasteiger partial charge >= 0.3 is 0 Å². The quantitative estimate of drug-likeness (QED) is 0.827. The highest BCUT2D eigenvalue weighted by molar-refractivity contribution is 6.30. The molecule has 0 aliphatic carbocycles. The Hall–Kier alpha value is -1.55. The lowest BCUT2D eigenvalue weighted by atomic mass is 10.0. The Labute approximate surface area is 131 Å². The fraction of sp³-hybridized carbons (Fsp3) is 0.294. The summed E-state index contributed by atoms with van der Waals surface area (Å²) in [6.45, 7) is 2.92. The van der Waals surface area contributed by atoms with Crippen LogP contribution in [0.2, 0.25) is 5.02 Å². The van der Waals surface area contributed by atoms with E-state index in [1.54, 1.807) is 0 Å². The molecule has 2 rings (SSSR count). The molecule has 0 amide bonds. The van der Waals surface area contributed by atoms with Gasteiger partial charge in [-0.3, -0.25) is 0 Å². The van der Waals surface area contributed by atoms with E-state index in [1.165, 1.54) is 16.8 Å². The first-order chi connectivity index (χ1) is 10.2. The van der Waals surface area contributed by atoms with Crippen molar-refractivity contribution in [3.63, 3.8) is 0 Å². The van der Waals surface area contributed by atoms with E-state index in [9.17, 15) is 0 Å². The molecule has 0 aromatic heterocycles. The Kier molecular flexibility index (Phi) is 6.05. The van der Waals surface area contributed by atoms with Crippen molar-refractivity contribution in [2.24, 2.45) is 11.5 Å². The van der Waals surface area contributed by atoms with Gasteiger partial charge in [0.1, 0.15) is 0 Å². The van der Waals surface area contributed by atoms with Gasteiger partial charge in [-0.15, -0.1) is 0 Å². The average molecular weight is 304 g/mol. The molecule has 3 nitrogen and oxygen atoms in total. The van der Waals surface area contributed by atoms with E-state index < -0.39 is 0 Å². The summed E-state index contributed by atoms with van der Waals surface area (Å²) < 4.78 is 0. The Morgan fingerprint density at radius 2 is 1.24 bits per heavy atom. The molecular weight excluding hydrogens is 282 g/mol. The van der Waals surface area contributed by atoms with Crippen LogP contribution < -0.4 is 16.4 Å². The van der Waals surface area contributed by atoms with E-state index in [0.717, 1.165) is 24.5 Å². The van der Waals surface area contributed by atoms with Crippen LogP contribution in [0.5, 0.6) is 0 Å². The summed E-state index contributed by atoms with van der Waals surface area (Å²) in [6.07, 6.45) is 0.908. The van der Waals surface area contributed by atoms with E-state index in [2.05, 4.69) is 41.3 Å². The maximum absolute atomic E-state index is 5.90. The average Bonchev–Trinajstić information content (AvgIpc) is 2.50. The zero-order valence-corrected chi connectivity index (χ0v) is 12.9. The summed E-state index contributed by atoms with van der Waals surface area (Å²) in [5, 5.41) is 0.772. The number of nitrogens with zero attached hydrogens (tertiary/aromatic N) is 1. The Balaban J connectivity index is 2.05. The molecule has 0 bridgehead atoms. The predicted molar refractivity (Wildman–Crippen MR) is 91.0 cm³/mol. The molecule has 4 N–H and O–H groups in total. The Morgan fingerprint density at radius 1 is 0.762 bits per heavy atom. The van der Waals surface area contributed by atoms with Crippen molar-refractivity contribution < 1.29 is 0 Å². The van der Waals surface area contributed by atoms with Crippen LogP contribution in [-0.4, -0.2) is 26.2 Å². The fourth-order valence-electron chi connectivity index (χ4n) is 2.34. The zero-order chi connectivity index (χ0) is 15.1. The molecule has 0 aliphatic rings. The molecule has 0 fully saturated rings. The first-order valence-electron chi connectivity index (χ1n) is 7.21. The number of hydrogen-bond acceptors (Lipinski definition) is 3. The molecule has 4 heteroatoms. The summed E-state index contributed by atoms with van der Waals surface area (Å²) in [4.78, 5) is 2.21. The third-order valence-corrected chi connectivity index (χ3v) is 3.67. The SMILES string of the molecule is NCCN(CCN)c1ccc(Cc2ccc(Cl)cc2)cc1. The second kappa shape index (κ2) is 8.03. The number of halogens is 1. The number of nitrogens with two attached hydrogens (primary N) is 2. The van der Waals surface area contributed by atoms with E-state index in [1.807, 2.05) is 12.1 Å². The third-order valence-electron chi connectivity index (χ3n) is 3.42.